The fourth-order valence-corrected chi connectivity index (χ4v) is 2.68. The predicted octanol–water partition coefficient (Wildman–Crippen LogP) is -0.817. The summed E-state index contributed by atoms with van der Waals surface area (Å²) >= 11 is 0. The van der Waals surface area contributed by atoms with Gasteiger partial charge in [-0.05, 0) is 12.5 Å². The summed E-state index contributed by atoms with van der Waals surface area (Å²) in [5, 5.41) is 13.7. The Hall–Kier alpha value is -2.13. The molecule has 2 aliphatic heterocycles. The molecule has 3 rings (SSSR count). The fourth-order valence-electron chi connectivity index (χ4n) is 2.68. The lowest BCUT2D eigenvalue weighted by Crippen LogP contribution is -2.44. The van der Waals surface area contributed by atoms with Crippen LogP contribution in [-0.2, 0) is 9.47 Å². The van der Waals surface area contributed by atoms with Crippen molar-refractivity contribution in [2.24, 2.45) is 5.11 Å². The largest absolute Gasteiger partial charge is 0.387 e. The zero-order chi connectivity index (χ0) is 15.2. The molecule has 0 amide bonds. The summed E-state index contributed by atoms with van der Waals surface area (Å²) in [7, 11) is 0. The summed E-state index contributed by atoms with van der Waals surface area (Å²) in [5.74, 6) is 0. The SMILES string of the molecule is Cc1cn([C@@H]2O[C@@]3(CN=[N+]=[N-])COC2C3O)c(=O)[nH]c1=O. The molecule has 0 aliphatic carbocycles. The van der Waals surface area contributed by atoms with Gasteiger partial charge in [0.2, 0.25) is 0 Å². The number of azide groups is 1. The molecule has 3 heterocycles. The quantitative estimate of drug-likeness (QED) is 0.425. The van der Waals surface area contributed by atoms with Gasteiger partial charge in [-0.15, -0.1) is 0 Å². The fraction of sp³-hybridized carbons (Fsp3) is 0.636. The predicted molar refractivity (Wildman–Crippen MR) is 68.7 cm³/mol. The third kappa shape index (κ3) is 1.96. The Labute approximate surface area is 117 Å². The minimum Gasteiger partial charge on any atom is -0.387 e. The second kappa shape index (κ2) is 4.71. The summed E-state index contributed by atoms with van der Waals surface area (Å²) in [6.45, 7) is 1.52. The molecule has 0 saturated carbocycles. The number of nitrogens with one attached hydrogen (secondary N) is 1. The number of aromatic nitrogens is 2. The van der Waals surface area contributed by atoms with E-state index in [1.54, 1.807) is 6.92 Å². The van der Waals surface area contributed by atoms with E-state index >= 15 is 0 Å². The number of aliphatic hydroxyl groups is 1. The lowest BCUT2D eigenvalue weighted by Gasteiger charge is -2.30. The topological polar surface area (TPSA) is 142 Å². The molecule has 21 heavy (non-hydrogen) atoms. The van der Waals surface area contributed by atoms with Crippen LogP contribution in [0.25, 0.3) is 10.4 Å². The molecule has 0 radical (unpaired) electrons. The Bertz CT molecular complexity index is 735. The molecule has 2 saturated heterocycles. The first-order valence-corrected chi connectivity index (χ1v) is 6.29. The Morgan fingerprint density at radius 3 is 3.14 bits per heavy atom. The molecule has 4 atom stereocenters. The molecular weight excluding hydrogens is 282 g/mol. The van der Waals surface area contributed by atoms with Crippen LogP contribution in [0.15, 0.2) is 20.9 Å². The van der Waals surface area contributed by atoms with Gasteiger partial charge in [-0.1, -0.05) is 5.11 Å². The molecule has 0 spiro atoms. The standard InChI is InChI=1S/C11H13N5O5/c1-5-2-16(10(19)14-8(5)18)9-6-7(17)11(21-9,4-20-6)3-13-15-12/h2,6-7,9,17H,3-4H2,1H3,(H,14,18,19)/t6?,7?,9-,11+/m1/s1. The number of fused-ring (bicyclic) bond motifs is 2. The summed E-state index contributed by atoms with van der Waals surface area (Å²) in [4.78, 5) is 28.1. The van der Waals surface area contributed by atoms with E-state index in [1.807, 2.05) is 0 Å². The van der Waals surface area contributed by atoms with Crippen molar-refractivity contribution < 1.29 is 14.6 Å². The minimum atomic E-state index is -1.16. The third-order valence-electron chi connectivity index (χ3n) is 3.83. The molecule has 1 aromatic heterocycles. The highest BCUT2D eigenvalue weighted by Gasteiger charge is 2.61. The second-order valence-electron chi connectivity index (χ2n) is 5.16. The molecule has 2 N–H and O–H groups in total. The van der Waals surface area contributed by atoms with Gasteiger partial charge < -0.3 is 14.6 Å². The molecule has 2 unspecified atom stereocenters. The van der Waals surface area contributed by atoms with Gasteiger partial charge in [0, 0.05) is 16.7 Å². The van der Waals surface area contributed by atoms with E-state index in [-0.39, 0.29) is 13.2 Å². The highest BCUT2D eigenvalue weighted by atomic mass is 16.6. The van der Waals surface area contributed by atoms with E-state index in [4.69, 9.17) is 15.0 Å². The third-order valence-corrected chi connectivity index (χ3v) is 3.83. The highest BCUT2D eigenvalue weighted by molar-refractivity contribution is 5.10. The van der Waals surface area contributed by atoms with E-state index in [0.717, 1.165) is 0 Å². The maximum Gasteiger partial charge on any atom is 0.330 e. The van der Waals surface area contributed by atoms with Crippen molar-refractivity contribution in [1.82, 2.24) is 9.55 Å². The molecule has 1 aromatic rings. The maximum atomic E-state index is 11.9. The van der Waals surface area contributed by atoms with E-state index in [2.05, 4.69) is 15.0 Å². The Balaban J connectivity index is 2.00. The number of aliphatic hydroxyl groups excluding tert-OH is 1. The van der Waals surface area contributed by atoms with E-state index in [0.29, 0.717) is 5.56 Å². The van der Waals surface area contributed by atoms with Crippen LogP contribution >= 0.6 is 0 Å². The Kier molecular flexibility index (Phi) is 3.10. The lowest BCUT2D eigenvalue weighted by atomic mass is 10.00. The molecule has 2 aliphatic rings. The molecule has 2 bridgehead atoms. The smallest absolute Gasteiger partial charge is 0.330 e. The molecule has 10 heteroatoms. The van der Waals surface area contributed by atoms with Crippen molar-refractivity contribution in [1.29, 1.82) is 0 Å². The molecule has 2 fully saturated rings. The number of nitrogens with zero attached hydrogens (tertiary/aromatic N) is 4. The van der Waals surface area contributed by atoms with Gasteiger partial charge in [-0.3, -0.25) is 14.3 Å². The van der Waals surface area contributed by atoms with Crippen LogP contribution in [0, 0.1) is 6.92 Å². The zero-order valence-corrected chi connectivity index (χ0v) is 11.1. The highest BCUT2D eigenvalue weighted by Crippen LogP contribution is 2.44. The van der Waals surface area contributed by atoms with Gasteiger partial charge in [0.05, 0.1) is 13.2 Å². The van der Waals surface area contributed by atoms with Gasteiger partial charge in [-0.2, -0.15) is 0 Å². The molecule has 0 aromatic carbocycles. The first-order chi connectivity index (χ1) is 9.98. The van der Waals surface area contributed by atoms with E-state index < -0.39 is 35.3 Å². The van der Waals surface area contributed by atoms with Crippen LogP contribution in [-0.4, -0.2) is 45.6 Å². The summed E-state index contributed by atoms with van der Waals surface area (Å²) in [6.07, 6.45) is -1.32. The van der Waals surface area contributed by atoms with Gasteiger partial charge in [0.1, 0.15) is 17.8 Å². The monoisotopic (exact) mass is 295 g/mol. The van der Waals surface area contributed by atoms with Crippen molar-refractivity contribution in [2.75, 3.05) is 13.2 Å². The van der Waals surface area contributed by atoms with Crippen LogP contribution in [0.1, 0.15) is 11.8 Å². The maximum absolute atomic E-state index is 11.9. The van der Waals surface area contributed by atoms with E-state index in [1.165, 1.54) is 10.8 Å². The molecular formula is C11H13N5O5. The molecule has 10 nitrogen and oxygen atoms in total. The number of rotatable bonds is 3. The Morgan fingerprint density at radius 1 is 1.67 bits per heavy atom. The Morgan fingerprint density at radius 2 is 2.43 bits per heavy atom. The number of ether oxygens (including phenoxy) is 2. The summed E-state index contributed by atoms with van der Waals surface area (Å²) < 4.78 is 12.3. The van der Waals surface area contributed by atoms with Crippen molar-refractivity contribution in [3.05, 3.63) is 43.0 Å². The second-order valence-corrected chi connectivity index (χ2v) is 5.16. The van der Waals surface area contributed by atoms with Crippen LogP contribution in [0.5, 0.6) is 0 Å². The number of hydrogen-bond acceptors (Lipinski definition) is 6. The van der Waals surface area contributed by atoms with Crippen LogP contribution in [0.2, 0.25) is 0 Å². The van der Waals surface area contributed by atoms with Crippen molar-refractivity contribution in [3.63, 3.8) is 0 Å². The van der Waals surface area contributed by atoms with Gasteiger partial charge in [-0.25, -0.2) is 4.79 Å². The van der Waals surface area contributed by atoms with E-state index in [9.17, 15) is 14.7 Å². The van der Waals surface area contributed by atoms with Crippen molar-refractivity contribution in [2.45, 2.75) is 31.0 Å². The zero-order valence-electron chi connectivity index (χ0n) is 11.1. The first-order valence-electron chi connectivity index (χ1n) is 6.29. The minimum absolute atomic E-state index is 0.0748. The van der Waals surface area contributed by atoms with Crippen LogP contribution in [0.3, 0.4) is 0 Å². The van der Waals surface area contributed by atoms with Crippen LogP contribution < -0.4 is 11.2 Å². The van der Waals surface area contributed by atoms with Crippen LogP contribution in [0.4, 0.5) is 0 Å². The number of H-pyrrole nitrogens is 1. The van der Waals surface area contributed by atoms with Gasteiger partial charge >= 0.3 is 5.69 Å². The number of aryl methyl sites for hydroxylation is 1. The normalized spacial score (nSPS) is 33.9. The lowest BCUT2D eigenvalue weighted by molar-refractivity contribution is -0.170. The number of aromatic amines is 1. The van der Waals surface area contributed by atoms with Gasteiger partial charge in [0.25, 0.3) is 5.56 Å². The molecule has 112 valence electrons. The number of hydrogen-bond donors (Lipinski definition) is 2. The van der Waals surface area contributed by atoms with Crippen molar-refractivity contribution in [3.8, 4) is 0 Å². The van der Waals surface area contributed by atoms with Crippen molar-refractivity contribution >= 4 is 0 Å². The van der Waals surface area contributed by atoms with Gasteiger partial charge in [0.15, 0.2) is 6.23 Å². The average Bonchev–Trinajstić information content (AvgIpc) is 2.91. The first kappa shape index (κ1) is 13.8. The summed E-state index contributed by atoms with van der Waals surface area (Å²) in [6, 6.07) is 0. The average molecular weight is 295 g/mol. The summed E-state index contributed by atoms with van der Waals surface area (Å²) in [5.41, 5.74) is 6.45.